The number of carbonyl (C=O) groups is 2. The highest BCUT2D eigenvalue weighted by molar-refractivity contribution is 6.00. The second-order valence-corrected chi connectivity index (χ2v) is 5.97. The number of Topliss-reactive ketones (excluding diaryl/α,β-unsaturated/α-hetero) is 1. The van der Waals surface area contributed by atoms with E-state index in [2.05, 4.69) is 13.8 Å². The van der Waals surface area contributed by atoms with Crippen molar-refractivity contribution in [2.75, 3.05) is 6.54 Å². The third-order valence-electron chi connectivity index (χ3n) is 3.92. The van der Waals surface area contributed by atoms with Gasteiger partial charge in [-0.1, -0.05) is 20.3 Å². The molecule has 0 aromatic heterocycles. The summed E-state index contributed by atoms with van der Waals surface area (Å²) < 4.78 is 0. The lowest BCUT2D eigenvalue weighted by Gasteiger charge is -2.42. The second kappa shape index (κ2) is 4.19. The molecular weight excluding hydrogens is 202 g/mol. The topological polar surface area (TPSA) is 37.4 Å². The molecule has 0 radical (unpaired) electrons. The minimum Gasteiger partial charge on any atom is -0.339 e. The SMILES string of the molecule is CC1(C)CCCC(N2CCC(=O)CC2=O)C1. The van der Waals surface area contributed by atoms with E-state index in [1.807, 2.05) is 4.90 Å². The molecule has 1 heterocycles. The van der Waals surface area contributed by atoms with E-state index in [-0.39, 0.29) is 18.1 Å². The molecule has 0 N–H and O–H groups in total. The van der Waals surface area contributed by atoms with Crippen molar-refractivity contribution in [2.45, 2.75) is 58.4 Å². The number of hydrogen-bond donors (Lipinski definition) is 0. The summed E-state index contributed by atoms with van der Waals surface area (Å²) in [6.07, 6.45) is 5.36. The molecule has 90 valence electrons. The van der Waals surface area contributed by atoms with E-state index >= 15 is 0 Å². The van der Waals surface area contributed by atoms with Crippen molar-refractivity contribution in [3.05, 3.63) is 0 Å². The Morgan fingerprint density at radius 3 is 2.69 bits per heavy atom. The van der Waals surface area contributed by atoms with Crippen LogP contribution in [0.4, 0.5) is 0 Å². The van der Waals surface area contributed by atoms with Gasteiger partial charge in [0, 0.05) is 19.0 Å². The Kier molecular flexibility index (Phi) is 3.04. The van der Waals surface area contributed by atoms with E-state index in [1.54, 1.807) is 0 Å². The first-order valence-corrected chi connectivity index (χ1v) is 6.29. The molecule has 1 aliphatic carbocycles. The molecule has 1 atom stereocenters. The zero-order valence-electron chi connectivity index (χ0n) is 10.3. The first kappa shape index (κ1) is 11.6. The molecule has 16 heavy (non-hydrogen) atoms. The van der Waals surface area contributed by atoms with Gasteiger partial charge < -0.3 is 4.90 Å². The number of piperidine rings is 1. The highest BCUT2D eigenvalue weighted by Gasteiger charge is 2.35. The van der Waals surface area contributed by atoms with E-state index in [4.69, 9.17) is 0 Å². The second-order valence-electron chi connectivity index (χ2n) is 5.97. The first-order chi connectivity index (χ1) is 7.48. The van der Waals surface area contributed by atoms with Gasteiger partial charge in [-0.15, -0.1) is 0 Å². The maximum Gasteiger partial charge on any atom is 0.230 e. The van der Waals surface area contributed by atoms with Crippen LogP contribution < -0.4 is 0 Å². The van der Waals surface area contributed by atoms with Gasteiger partial charge in [0.15, 0.2) is 0 Å². The highest BCUT2D eigenvalue weighted by Crippen LogP contribution is 2.37. The van der Waals surface area contributed by atoms with Crippen molar-refractivity contribution in [1.82, 2.24) is 4.90 Å². The molecular formula is C13H21NO2. The number of carbonyl (C=O) groups excluding carboxylic acids is 2. The minimum atomic E-state index is 0.0546. The highest BCUT2D eigenvalue weighted by atomic mass is 16.2. The van der Waals surface area contributed by atoms with Crippen LogP contribution in [0, 0.1) is 5.41 Å². The number of rotatable bonds is 1. The lowest BCUT2D eigenvalue weighted by molar-refractivity contribution is -0.142. The molecule has 3 nitrogen and oxygen atoms in total. The Hall–Kier alpha value is -0.860. The summed E-state index contributed by atoms with van der Waals surface area (Å²) in [5.41, 5.74) is 0.352. The summed E-state index contributed by atoms with van der Waals surface area (Å²) in [7, 11) is 0. The average Bonchev–Trinajstić information content (AvgIpc) is 2.15. The first-order valence-electron chi connectivity index (χ1n) is 6.29. The van der Waals surface area contributed by atoms with Crippen LogP contribution >= 0.6 is 0 Å². The maximum atomic E-state index is 11.8. The van der Waals surface area contributed by atoms with Gasteiger partial charge in [0.25, 0.3) is 0 Å². The summed E-state index contributed by atoms with van der Waals surface area (Å²) in [4.78, 5) is 25.0. The molecule has 0 spiro atoms. The third kappa shape index (κ3) is 2.45. The summed E-state index contributed by atoms with van der Waals surface area (Å²) in [6, 6.07) is 0.379. The van der Waals surface area contributed by atoms with E-state index in [0.717, 1.165) is 12.8 Å². The molecule has 1 aliphatic heterocycles. The summed E-state index contributed by atoms with van der Waals surface area (Å²) in [5, 5.41) is 0. The predicted molar refractivity (Wildman–Crippen MR) is 62.0 cm³/mol. The van der Waals surface area contributed by atoms with Gasteiger partial charge in [-0.05, 0) is 24.7 Å². The van der Waals surface area contributed by atoms with Crippen molar-refractivity contribution in [3.8, 4) is 0 Å². The Balaban J connectivity index is 2.01. The smallest absolute Gasteiger partial charge is 0.230 e. The van der Waals surface area contributed by atoms with Gasteiger partial charge in [-0.3, -0.25) is 9.59 Å². The van der Waals surface area contributed by atoms with E-state index in [0.29, 0.717) is 24.4 Å². The molecule has 1 saturated carbocycles. The summed E-state index contributed by atoms with van der Waals surface area (Å²) in [6.45, 7) is 5.20. The Bertz CT molecular complexity index is 309. The number of likely N-dealkylation sites (tertiary alicyclic amines) is 1. The average molecular weight is 223 g/mol. The normalized spacial score (nSPS) is 30.6. The van der Waals surface area contributed by atoms with Crippen LogP contribution in [0.2, 0.25) is 0 Å². The zero-order chi connectivity index (χ0) is 11.8. The predicted octanol–water partition coefficient (Wildman–Crippen LogP) is 2.15. The molecule has 1 saturated heterocycles. The van der Waals surface area contributed by atoms with Crippen LogP contribution in [-0.2, 0) is 9.59 Å². The maximum absolute atomic E-state index is 11.8. The zero-order valence-corrected chi connectivity index (χ0v) is 10.3. The fourth-order valence-electron chi connectivity index (χ4n) is 3.04. The van der Waals surface area contributed by atoms with Crippen molar-refractivity contribution in [2.24, 2.45) is 5.41 Å². The van der Waals surface area contributed by atoms with E-state index in [1.165, 1.54) is 12.8 Å². The van der Waals surface area contributed by atoms with Gasteiger partial charge in [-0.2, -0.15) is 0 Å². The Labute approximate surface area is 97.2 Å². The lowest BCUT2D eigenvalue weighted by Crippen LogP contribution is -2.48. The van der Waals surface area contributed by atoms with Crippen LogP contribution in [0.5, 0.6) is 0 Å². The fraction of sp³-hybridized carbons (Fsp3) is 0.846. The molecule has 2 aliphatic rings. The van der Waals surface area contributed by atoms with E-state index in [9.17, 15) is 9.59 Å². The number of ketones is 1. The van der Waals surface area contributed by atoms with Crippen molar-refractivity contribution < 1.29 is 9.59 Å². The number of hydrogen-bond acceptors (Lipinski definition) is 2. The van der Waals surface area contributed by atoms with Gasteiger partial charge >= 0.3 is 0 Å². The number of amides is 1. The van der Waals surface area contributed by atoms with Crippen LogP contribution in [0.3, 0.4) is 0 Å². The molecule has 2 rings (SSSR count). The van der Waals surface area contributed by atoms with Gasteiger partial charge in [0.2, 0.25) is 5.91 Å². The molecule has 1 amide bonds. The third-order valence-corrected chi connectivity index (χ3v) is 3.92. The largest absolute Gasteiger partial charge is 0.339 e. The standard InChI is InChI=1S/C13H21NO2/c1-13(2)6-3-4-10(9-13)14-7-5-11(15)8-12(14)16/h10H,3-9H2,1-2H3. The number of nitrogens with zero attached hydrogens (tertiary/aromatic N) is 1. The molecule has 2 fully saturated rings. The lowest BCUT2D eigenvalue weighted by atomic mass is 9.74. The van der Waals surface area contributed by atoms with Crippen molar-refractivity contribution >= 4 is 11.7 Å². The van der Waals surface area contributed by atoms with E-state index < -0.39 is 0 Å². The molecule has 3 heteroatoms. The minimum absolute atomic E-state index is 0.0546. The van der Waals surface area contributed by atoms with Crippen LogP contribution in [0.1, 0.15) is 52.4 Å². The van der Waals surface area contributed by atoms with Gasteiger partial charge in [0.05, 0.1) is 6.42 Å². The fourth-order valence-corrected chi connectivity index (χ4v) is 3.04. The molecule has 0 aromatic rings. The van der Waals surface area contributed by atoms with Gasteiger partial charge in [0.1, 0.15) is 5.78 Å². The quantitative estimate of drug-likeness (QED) is 0.639. The van der Waals surface area contributed by atoms with Crippen molar-refractivity contribution in [3.63, 3.8) is 0 Å². The van der Waals surface area contributed by atoms with Crippen LogP contribution in [-0.4, -0.2) is 29.2 Å². The van der Waals surface area contributed by atoms with Crippen molar-refractivity contribution in [1.29, 1.82) is 0 Å². The van der Waals surface area contributed by atoms with Crippen LogP contribution in [0.25, 0.3) is 0 Å². The molecule has 0 aromatic carbocycles. The molecule has 0 bridgehead atoms. The molecule has 1 unspecified atom stereocenters. The summed E-state index contributed by atoms with van der Waals surface area (Å²) >= 11 is 0. The van der Waals surface area contributed by atoms with Crippen LogP contribution in [0.15, 0.2) is 0 Å². The Morgan fingerprint density at radius 1 is 1.31 bits per heavy atom. The monoisotopic (exact) mass is 223 g/mol. The van der Waals surface area contributed by atoms with Gasteiger partial charge in [-0.25, -0.2) is 0 Å². The summed E-state index contributed by atoms with van der Waals surface area (Å²) in [5.74, 6) is 0.162. The Morgan fingerprint density at radius 2 is 2.06 bits per heavy atom.